The maximum Gasteiger partial charge on any atom is 0.355 e. The zero-order chi connectivity index (χ0) is 20.3. The van der Waals surface area contributed by atoms with Crippen molar-refractivity contribution in [3.8, 4) is 0 Å². The Morgan fingerprint density at radius 3 is 2.89 bits per heavy atom. The van der Waals surface area contributed by atoms with Gasteiger partial charge in [-0.25, -0.2) is 18.6 Å². The molecular weight excluding hydrogens is 384 g/mol. The third-order valence-electron chi connectivity index (χ3n) is 6.03. The molecule has 5 atom stereocenters. The number of carboxylic acid groups (broad SMARTS) is 1. The minimum absolute atomic E-state index is 0.0225. The molecule has 1 unspecified atom stereocenters. The van der Waals surface area contributed by atoms with Gasteiger partial charge < -0.3 is 9.84 Å². The van der Waals surface area contributed by atoms with E-state index in [4.69, 9.17) is 9.84 Å². The number of unbranched alkanes of at least 4 members (excludes halogenated alkanes) is 2. The van der Waals surface area contributed by atoms with Crippen molar-refractivity contribution in [2.24, 2.45) is 17.8 Å². The highest BCUT2D eigenvalue weighted by molar-refractivity contribution is 7.09. The molecule has 1 saturated carbocycles. The predicted molar refractivity (Wildman–Crippen MR) is 105 cm³/mol. The molecule has 4 nitrogen and oxygen atoms in total. The largest absolute Gasteiger partial charge is 0.476 e. The van der Waals surface area contributed by atoms with Crippen LogP contribution in [0.3, 0.4) is 0 Å². The maximum atomic E-state index is 14.1. The lowest BCUT2D eigenvalue weighted by atomic mass is 9.84. The zero-order valence-electron chi connectivity index (χ0n) is 16.4. The molecule has 0 spiro atoms. The molecule has 1 aromatic rings. The first-order chi connectivity index (χ1) is 13.3. The van der Waals surface area contributed by atoms with Crippen LogP contribution in [-0.4, -0.2) is 28.1 Å². The van der Waals surface area contributed by atoms with Crippen molar-refractivity contribution in [2.75, 3.05) is 0 Å². The van der Waals surface area contributed by atoms with Crippen LogP contribution in [0.15, 0.2) is 17.5 Å². The third kappa shape index (κ3) is 4.98. The van der Waals surface area contributed by atoms with E-state index in [0.717, 1.165) is 38.2 Å². The lowest BCUT2D eigenvalue weighted by molar-refractivity contribution is -0.0765. The van der Waals surface area contributed by atoms with Crippen LogP contribution in [0.1, 0.15) is 80.4 Å². The van der Waals surface area contributed by atoms with Gasteiger partial charge in [-0.15, -0.1) is 11.3 Å². The van der Waals surface area contributed by atoms with Crippen molar-refractivity contribution in [3.05, 3.63) is 28.2 Å². The second-order valence-corrected chi connectivity index (χ2v) is 9.04. The fraction of sp³-hybridized carbons (Fsp3) is 0.714. The highest BCUT2D eigenvalue weighted by atomic mass is 32.1. The monoisotopic (exact) mass is 413 g/mol. The number of ether oxygens (including phenoxy) is 1. The Morgan fingerprint density at radius 2 is 2.21 bits per heavy atom. The average Bonchev–Trinajstić information content (AvgIpc) is 3.24. The van der Waals surface area contributed by atoms with E-state index in [1.807, 2.05) is 6.92 Å². The van der Waals surface area contributed by atoms with Crippen molar-refractivity contribution < 1.29 is 23.4 Å². The number of aromatic nitrogens is 1. The first-order valence-electron chi connectivity index (χ1n) is 10.2. The van der Waals surface area contributed by atoms with Gasteiger partial charge in [0.1, 0.15) is 11.1 Å². The molecule has 1 aliphatic carbocycles. The lowest BCUT2D eigenvalue weighted by Crippen LogP contribution is -2.30. The van der Waals surface area contributed by atoms with Crippen LogP contribution >= 0.6 is 11.3 Å². The molecule has 2 heterocycles. The molecule has 1 aromatic heterocycles. The van der Waals surface area contributed by atoms with E-state index in [9.17, 15) is 13.6 Å². The number of allylic oxidation sites excluding steroid dienone is 2. The van der Waals surface area contributed by atoms with Crippen molar-refractivity contribution >= 4 is 17.3 Å². The fourth-order valence-corrected chi connectivity index (χ4v) is 5.38. The zero-order valence-corrected chi connectivity index (χ0v) is 17.3. The molecule has 1 saturated heterocycles. The molecule has 2 fully saturated rings. The molecular formula is C21H29F2NO3S. The van der Waals surface area contributed by atoms with Gasteiger partial charge in [0, 0.05) is 11.8 Å². The van der Waals surface area contributed by atoms with Crippen LogP contribution in [0, 0.1) is 17.8 Å². The SMILES string of the molecule is CCCCCC(F)(F)/C=C/C1[C@H](C)C[C@@H]2O[C@@H](c3nc(C(=O)O)cs3)CC[C@H]12. The van der Waals surface area contributed by atoms with Crippen LogP contribution in [0.2, 0.25) is 0 Å². The van der Waals surface area contributed by atoms with Gasteiger partial charge in [-0.3, -0.25) is 0 Å². The Balaban J connectivity index is 1.61. The van der Waals surface area contributed by atoms with E-state index in [-0.39, 0.29) is 36.2 Å². The van der Waals surface area contributed by atoms with E-state index in [1.54, 1.807) is 6.08 Å². The fourth-order valence-electron chi connectivity index (χ4n) is 4.52. The number of thiazole rings is 1. The minimum Gasteiger partial charge on any atom is -0.476 e. The van der Waals surface area contributed by atoms with Crippen LogP contribution < -0.4 is 0 Å². The number of carboxylic acids is 1. The van der Waals surface area contributed by atoms with Gasteiger partial charge in [0.25, 0.3) is 5.92 Å². The first kappa shape index (κ1) is 21.4. The predicted octanol–water partition coefficient (Wildman–Crippen LogP) is 6.11. The molecule has 0 bridgehead atoms. The molecule has 1 N–H and O–H groups in total. The summed E-state index contributed by atoms with van der Waals surface area (Å²) in [7, 11) is 0. The number of halogens is 2. The van der Waals surface area contributed by atoms with Gasteiger partial charge in [0.05, 0.1) is 6.10 Å². The van der Waals surface area contributed by atoms with Crippen molar-refractivity contribution in [1.82, 2.24) is 4.98 Å². The van der Waals surface area contributed by atoms with Crippen molar-refractivity contribution in [3.63, 3.8) is 0 Å². The number of aromatic carboxylic acids is 1. The van der Waals surface area contributed by atoms with E-state index >= 15 is 0 Å². The Morgan fingerprint density at radius 1 is 1.43 bits per heavy atom. The Bertz CT molecular complexity index is 706. The third-order valence-corrected chi connectivity index (χ3v) is 6.96. The summed E-state index contributed by atoms with van der Waals surface area (Å²) in [5.74, 6) is -3.13. The van der Waals surface area contributed by atoms with E-state index in [1.165, 1.54) is 16.7 Å². The highest BCUT2D eigenvalue weighted by Gasteiger charge is 2.45. The van der Waals surface area contributed by atoms with Crippen molar-refractivity contribution in [2.45, 2.75) is 76.9 Å². The number of nitrogens with zero attached hydrogens (tertiary/aromatic N) is 1. The summed E-state index contributed by atoms with van der Waals surface area (Å²) < 4.78 is 34.5. The smallest absolute Gasteiger partial charge is 0.355 e. The van der Waals surface area contributed by atoms with Crippen LogP contribution in [0.25, 0.3) is 0 Å². The Kier molecular flexibility index (Phi) is 6.86. The minimum atomic E-state index is -2.74. The van der Waals surface area contributed by atoms with E-state index < -0.39 is 11.9 Å². The van der Waals surface area contributed by atoms with E-state index in [2.05, 4.69) is 11.9 Å². The standard InChI is InChI=1S/C21H29F2NO3S/c1-3-4-5-9-21(22,23)10-8-14-13(2)11-18-15(14)6-7-17(27-18)19-24-16(12-28-19)20(25)26/h8,10,12-15,17-18H,3-7,9,11H2,1-2H3,(H,25,26)/b10-8+/t13-,14?,15-,17-,18+/m1/s1. The van der Waals surface area contributed by atoms with Gasteiger partial charge >= 0.3 is 5.97 Å². The molecule has 3 rings (SSSR count). The second kappa shape index (κ2) is 8.99. The van der Waals surface area contributed by atoms with Gasteiger partial charge in [0.2, 0.25) is 0 Å². The van der Waals surface area contributed by atoms with Gasteiger partial charge in [-0.1, -0.05) is 32.8 Å². The Hall–Kier alpha value is -1.34. The lowest BCUT2D eigenvalue weighted by Gasteiger charge is -2.33. The quantitative estimate of drug-likeness (QED) is 0.413. The molecule has 0 aromatic carbocycles. The summed E-state index contributed by atoms with van der Waals surface area (Å²) in [6.07, 6.45) is 7.41. The molecule has 1 aliphatic heterocycles. The second-order valence-electron chi connectivity index (χ2n) is 8.15. The summed E-state index contributed by atoms with van der Waals surface area (Å²) in [6.45, 7) is 4.12. The summed E-state index contributed by atoms with van der Waals surface area (Å²) >= 11 is 1.31. The summed E-state index contributed by atoms with van der Waals surface area (Å²) in [4.78, 5) is 15.2. The molecule has 7 heteroatoms. The number of rotatable bonds is 8. The molecule has 28 heavy (non-hydrogen) atoms. The summed E-state index contributed by atoms with van der Waals surface area (Å²) in [6, 6.07) is 0. The van der Waals surface area contributed by atoms with Crippen LogP contribution in [0.4, 0.5) is 8.78 Å². The van der Waals surface area contributed by atoms with Gasteiger partial charge in [-0.2, -0.15) is 0 Å². The first-order valence-corrected chi connectivity index (χ1v) is 11.1. The molecule has 0 radical (unpaired) electrons. The summed E-state index contributed by atoms with van der Waals surface area (Å²) in [5.41, 5.74) is 0.0524. The van der Waals surface area contributed by atoms with Gasteiger partial charge in [0.15, 0.2) is 5.69 Å². The highest BCUT2D eigenvalue weighted by Crippen LogP contribution is 2.49. The number of alkyl halides is 2. The molecule has 0 amide bonds. The number of fused-ring (bicyclic) bond motifs is 1. The maximum absolute atomic E-state index is 14.1. The van der Waals surface area contributed by atoms with Crippen molar-refractivity contribution in [1.29, 1.82) is 0 Å². The normalized spacial score (nSPS) is 30.6. The van der Waals surface area contributed by atoms with E-state index in [0.29, 0.717) is 17.3 Å². The molecule has 156 valence electrons. The Labute approximate surface area is 169 Å². The molecule has 2 aliphatic rings. The van der Waals surface area contributed by atoms with Gasteiger partial charge in [-0.05, 0) is 49.5 Å². The number of hydrogen-bond acceptors (Lipinski definition) is 4. The number of hydrogen-bond donors (Lipinski definition) is 1. The number of carbonyl (C=O) groups is 1. The van der Waals surface area contributed by atoms with Crippen LogP contribution in [-0.2, 0) is 4.74 Å². The average molecular weight is 414 g/mol. The van der Waals surface area contributed by atoms with Crippen LogP contribution in [0.5, 0.6) is 0 Å². The summed E-state index contributed by atoms with van der Waals surface area (Å²) in [5, 5.41) is 11.3. The topological polar surface area (TPSA) is 59.4 Å².